The molecule has 1 atom stereocenters. The fourth-order valence-corrected chi connectivity index (χ4v) is 3.08. The highest BCUT2D eigenvalue weighted by atomic mass is 32.1. The standard InChI is InChI=1S/C17H24N2OS/c1-4-18-11-15(10-16-12-21-13(2)19-16)9-14-5-7-17(20-3)8-6-14/h5-8,12,15,18H,4,9-11H2,1-3H3. The summed E-state index contributed by atoms with van der Waals surface area (Å²) in [5, 5.41) is 6.80. The minimum Gasteiger partial charge on any atom is -0.497 e. The molecule has 2 rings (SSSR count). The summed E-state index contributed by atoms with van der Waals surface area (Å²) < 4.78 is 5.22. The first kappa shape index (κ1) is 16.0. The maximum absolute atomic E-state index is 5.22. The van der Waals surface area contributed by atoms with Gasteiger partial charge in [0.1, 0.15) is 5.75 Å². The normalized spacial score (nSPS) is 12.3. The van der Waals surface area contributed by atoms with Crippen molar-refractivity contribution in [2.45, 2.75) is 26.7 Å². The maximum atomic E-state index is 5.22. The van der Waals surface area contributed by atoms with E-state index in [1.54, 1.807) is 18.4 Å². The third kappa shape index (κ3) is 5.14. The van der Waals surface area contributed by atoms with Gasteiger partial charge in [-0.25, -0.2) is 4.98 Å². The van der Waals surface area contributed by atoms with Crippen LogP contribution in [-0.4, -0.2) is 25.2 Å². The number of thiazole rings is 1. The fraction of sp³-hybridized carbons (Fsp3) is 0.471. The SMILES string of the molecule is CCNCC(Cc1ccc(OC)cc1)Cc1csc(C)n1. The summed E-state index contributed by atoms with van der Waals surface area (Å²) >= 11 is 1.73. The Morgan fingerprint density at radius 3 is 2.57 bits per heavy atom. The fourth-order valence-electron chi connectivity index (χ4n) is 2.46. The van der Waals surface area contributed by atoms with Crippen molar-refractivity contribution in [3.05, 3.63) is 45.9 Å². The van der Waals surface area contributed by atoms with Gasteiger partial charge >= 0.3 is 0 Å². The van der Waals surface area contributed by atoms with Gasteiger partial charge in [0, 0.05) is 5.38 Å². The van der Waals surface area contributed by atoms with Gasteiger partial charge in [0.05, 0.1) is 17.8 Å². The second kappa shape index (κ2) is 8.15. The molecule has 0 spiro atoms. The molecule has 2 aromatic rings. The Bertz CT molecular complexity index is 536. The summed E-state index contributed by atoms with van der Waals surface area (Å²) in [6.07, 6.45) is 2.09. The topological polar surface area (TPSA) is 34.1 Å². The van der Waals surface area contributed by atoms with Crippen molar-refractivity contribution >= 4 is 11.3 Å². The Morgan fingerprint density at radius 2 is 2.00 bits per heavy atom. The van der Waals surface area contributed by atoms with Gasteiger partial charge in [-0.05, 0) is 56.5 Å². The number of aryl methyl sites for hydroxylation is 1. The molecule has 0 aliphatic heterocycles. The minimum absolute atomic E-state index is 0.569. The Hall–Kier alpha value is -1.39. The molecule has 1 aromatic carbocycles. The first-order valence-electron chi connectivity index (χ1n) is 7.46. The van der Waals surface area contributed by atoms with E-state index >= 15 is 0 Å². The highest BCUT2D eigenvalue weighted by Crippen LogP contribution is 2.18. The molecule has 0 aliphatic rings. The minimum atomic E-state index is 0.569. The first-order chi connectivity index (χ1) is 10.2. The molecule has 0 bridgehead atoms. The highest BCUT2D eigenvalue weighted by molar-refractivity contribution is 7.09. The van der Waals surface area contributed by atoms with Gasteiger partial charge in [0.15, 0.2) is 0 Å². The molecule has 1 heterocycles. The molecule has 1 unspecified atom stereocenters. The monoisotopic (exact) mass is 304 g/mol. The molecule has 1 N–H and O–H groups in total. The molecule has 0 aliphatic carbocycles. The molecule has 21 heavy (non-hydrogen) atoms. The summed E-state index contributed by atoms with van der Waals surface area (Å²) in [5.74, 6) is 1.48. The van der Waals surface area contributed by atoms with Crippen molar-refractivity contribution in [2.75, 3.05) is 20.2 Å². The van der Waals surface area contributed by atoms with Gasteiger partial charge in [-0.1, -0.05) is 19.1 Å². The van der Waals surface area contributed by atoms with Crippen LogP contribution in [0.3, 0.4) is 0 Å². The van der Waals surface area contributed by atoms with Crippen LogP contribution in [0.25, 0.3) is 0 Å². The number of ether oxygens (including phenoxy) is 1. The molecular weight excluding hydrogens is 280 g/mol. The summed E-state index contributed by atoms with van der Waals surface area (Å²) in [6.45, 7) is 6.25. The Balaban J connectivity index is 2.00. The van der Waals surface area contributed by atoms with E-state index in [-0.39, 0.29) is 0 Å². The number of methoxy groups -OCH3 is 1. The molecule has 0 saturated heterocycles. The molecule has 0 amide bonds. The maximum Gasteiger partial charge on any atom is 0.118 e. The molecule has 0 fully saturated rings. The molecule has 114 valence electrons. The van der Waals surface area contributed by atoms with Crippen LogP contribution in [0.1, 0.15) is 23.2 Å². The number of hydrogen-bond acceptors (Lipinski definition) is 4. The quantitative estimate of drug-likeness (QED) is 0.811. The van der Waals surface area contributed by atoms with Crippen LogP contribution < -0.4 is 10.1 Å². The molecule has 3 nitrogen and oxygen atoms in total. The molecule has 0 radical (unpaired) electrons. The van der Waals surface area contributed by atoms with Crippen LogP contribution in [0, 0.1) is 12.8 Å². The Morgan fingerprint density at radius 1 is 1.24 bits per heavy atom. The van der Waals surface area contributed by atoms with Gasteiger partial charge in [-0.2, -0.15) is 0 Å². The number of nitrogens with zero attached hydrogens (tertiary/aromatic N) is 1. The van der Waals surface area contributed by atoms with E-state index in [0.717, 1.165) is 36.7 Å². The summed E-state index contributed by atoms with van der Waals surface area (Å²) in [4.78, 5) is 4.60. The Kier molecular flexibility index (Phi) is 6.21. The summed E-state index contributed by atoms with van der Waals surface area (Å²) in [6, 6.07) is 8.38. The predicted molar refractivity (Wildman–Crippen MR) is 89.3 cm³/mol. The highest BCUT2D eigenvalue weighted by Gasteiger charge is 2.12. The van der Waals surface area contributed by atoms with Crippen LogP contribution in [0.15, 0.2) is 29.6 Å². The number of rotatable bonds is 8. The van der Waals surface area contributed by atoms with Crippen molar-refractivity contribution < 1.29 is 4.74 Å². The average Bonchev–Trinajstić information content (AvgIpc) is 2.90. The van der Waals surface area contributed by atoms with Gasteiger partial charge in [0.25, 0.3) is 0 Å². The zero-order chi connectivity index (χ0) is 15.1. The second-order valence-corrected chi connectivity index (χ2v) is 6.35. The van der Waals surface area contributed by atoms with E-state index in [0.29, 0.717) is 5.92 Å². The largest absolute Gasteiger partial charge is 0.497 e. The zero-order valence-electron chi connectivity index (χ0n) is 13.1. The van der Waals surface area contributed by atoms with Crippen molar-refractivity contribution in [1.82, 2.24) is 10.3 Å². The smallest absolute Gasteiger partial charge is 0.118 e. The molecular formula is C17H24N2OS. The van der Waals surface area contributed by atoms with E-state index in [1.807, 2.05) is 12.1 Å². The molecule has 0 saturated carbocycles. The van der Waals surface area contributed by atoms with Gasteiger partial charge in [0.2, 0.25) is 0 Å². The zero-order valence-corrected chi connectivity index (χ0v) is 13.9. The van der Waals surface area contributed by atoms with Crippen LogP contribution in [0.5, 0.6) is 5.75 Å². The summed E-state index contributed by atoms with van der Waals surface area (Å²) in [5.41, 5.74) is 2.57. The van der Waals surface area contributed by atoms with Crippen LogP contribution in [-0.2, 0) is 12.8 Å². The van der Waals surface area contributed by atoms with E-state index in [4.69, 9.17) is 4.74 Å². The lowest BCUT2D eigenvalue weighted by molar-refractivity contribution is 0.414. The number of benzene rings is 1. The first-order valence-corrected chi connectivity index (χ1v) is 8.34. The average molecular weight is 304 g/mol. The predicted octanol–water partition coefficient (Wildman–Crippen LogP) is 3.47. The summed E-state index contributed by atoms with van der Waals surface area (Å²) in [7, 11) is 1.70. The van der Waals surface area contributed by atoms with Crippen molar-refractivity contribution in [2.24, 2.45) is 5.92 Å². The van der Waals surface area contributed by atoms with Crippen molar-refractivity contribution in [3.8, 4) is 5.75 Å². The third-order valence-electron chi connectivity index (χ3n) is 3.53. The van der Waals surface area contributed by atoms with E-state index in [1.165, 1.54) is 11.3 Å². The lowest BCUT2D eigenvalue weighted by Crippen LogP contribution is -2.25. The van der Waals surface area contributed by atoms with Crippen LogP contribution >= 0.6 is 11.3 Å². The van der Waals surface area contributed by atoms with E-state index in [2.05, 4.69) is 41.7 Å². The van der Waals surface area contributed by atoms with E-state index < -0.39 is 0 Å². The van der Waals surface area contributed by atoms with Gasteiger partial charge < -0.3 is 10.1 Å². The van der Waals surface area contributed by atoms with Crippen molar-refractivity contribution in [1.29, 1.82) is 0 Å². The number of hydrogen-bond donors (Lipinski definition) is 1. The number of aromatic nitrogens is 1. The van der Waals surface area contributed by atoms with E-state index in [9.17, 15) is 0 Å². The van der Waals surface area contributed by atoms with Gasteiger partial charge in [-0.15, -0.1) is 11.3 Å². The van der Waals surface area contributed by atoms with Crippen molar-refractivity contribution in [3.63, 3.8) is 0 Å². The lowest BCUT2D eigenvalue weighted by Gasteiger charge is -2.16. The van der Waals surface area contributed by atoms with Gasteiger partial charge in [-0.3, -0.25) is 0 Å². The second-order valence-electron chi connectivity index (χ2n) is 5.29. The third-order valence-corrected chi connectivity index (χ3v) is 4.35. The van der Waals surface area contributed by atoms with Crippen LogP contribution in [0.4, 0.5) is 0 Å². The Labute approximate surface area is 131 Å². The molecule has 4 heteroatoms. The molecule has 1 aromatic heterocycles. The van der Waals surface area contributed by atoms with Crippen LogP contribution in [0.2, 0.25) is 0 Å². The number of nitrogens with one attached hydrogen (secondary N) is 1. The lowest BCUT2D eigenvalue weighted by atomic mass is 9.95.